The van der Waals surface area contributed by atoms with Gasteiger partial charge in [0.05, 0.1) is 31.1 Å². The van der Waals surface area contributed by atoms with E-state index >= 15 is 0 Å². The molecule has 1 aromatic heterocycles. The molecular formula is C26H24BNO6S. The molecule has 0 bridgehead atoms. The summed E-state index contributed by atoms with van der Waals surface area (Å²) in [5.41, 5.74) is 1.92. The van der Waals surface area contributed by atoms with E-state index < -0.39 is 31.0 Å². The Kier molecular flexibility index (Phi) is 5.53. The fraction of sp³-hybridized carbons (Fsp3) is 0.308. The summed E-state index contributed by atoms with van der Waals surface area (Å²) < 4.78 is 6.04. The van der Waals surface area contributed by atoms with Crippen molar-refractivity contribution in [3.63, 3.8) is 0 Å². The van der Waals surface area contributed by atoms with Crippen molar-refractivity contribution in [2.24, 2.45) is 17.8 Å². The average Bonchev–Trinajstić information content (AvgIpc) is 3.46. The molecule has 7 nitrogen and oxygen atoms in total. The number of phenols is 1. The molecular weight excluding hydrogens is 465 g/mol. The highest BCUT2D eigenvalue weighted by atomic mass is 32.1. The van der Waals surface area contributed by atoms with Crippen LogP contribution in [0.3, 0.4) is 0 Å². The lowest BCUT2D eigenvalue weighted by Crippen LogP contribution is -2.45. The van der Waals surface area contributed by atoms with Crippen LogP contribution >= 0.6 is 11.3 Å². The summed E-state index contributed by atoms with van der Waals surface area (Å²) in [5.74, 6) is -1.87. The van der Waals surface area contributed by atoms with E-state index in [1.807, 2.05) is 41.8 Å². The molecule has 0 unspecified atom stereocenters. The van der Waals surface area contributed by atoms with Crippen LogP contribution in [-0.2, 0) is 20.8 Å². The molecule has 1 aliphatic carbocycles. The van der Waals surface area contributed by atoms with E-state index in [1.165, 1.54) is 16.2 Å². The minimum absolute atomic E-state index is 0.155. The summed E-state index contributed by atoms with van der Waals surface area (Å²) in [5, 5.41) is 34.9. The van der Waals surface area contributed by atoms with E-state index in [4.69, 9.17) is 4.65 Å². The molecule has 2 amide bonds. The lowest BCUT2D eigenvalue weighted by Gasteiger charge is -2.42. The predicted molar refractivity (Wildman–Crippen MR) is 131 cm³/mol. The van der Waals surface area contributed by atoms with Gasteiger partial charge in [0.25, 0.3) is 0 Å². The normalized spacial score (nSPS) is 26.5. The summed E-state index contributed by atoms with van der Waals surface area (Å²) in [4.78, 5) is 29.2. The number of hydrogen-bond donors (Lipinski definition) is 3. The first-order chi connectivity index (χ1) is 17.0. The van der Waals surface area contributed by atoms with Crippen LogP contribution in [0.1, 0.15) is 29.4 Å². The smallest absolute Gasteiger partial charge is 0.487 e. The molecule has 4 atom stereocenters. The van der Waals surface area contributed by atoms with Gasteiger partial charge in [0.15, 0.2) is 0 Å². The van der Waals surface area contributed by atoms with Crippen LogP contribution in [0.25, 0.3) is 10.8 Å². The first-order valence-corrected chi connectivity index (χ1v) is 12.6. The number of fused-ring (bicyclic) bond motifs is 4. The van der Waals surface area contributed by atoms with Crippen LogP contribution in [0, 0.1) is 17.8 Å². The number of allylic oxidation sites excluding steroid dienone is 1. The number of benzene rings is 2. The largest absolute Gasteiger partial charge is 0.507 e. The van der Waals surface area contributed by atoms with Gasteiger partial charge in [-0.1, -0.05) is 36.4 Å². The standard InChI is InChI=1S/C26H24BNO6S/c29-13-14-10-20-23(26(32)28(25(20)31)12-15-4-3-9-35-15)19-11-22(34-27(33)24(14)19)18-7-8-21(30)17-6-2-1-5-16(17)18/h1-9,19-20,22-23,29-30,33H,10-13H2/t19-,20-,22-,23+/m0/s1. The molecule has 2 aliphatic heterocycles. The van der Waals surface area contributed by atoms with E-state index in [2.05, 4.69) is 0 Å². The van der Waals surface area contributed by atoms with Crippen LogP contribution in [-0.4, -0.2) is 45.7 Å². The molecule has 3 aromatic rings. The average molecular weight is 489 g/mol. The Morgan fingerprint density at radius 2 is 1.83 bits per heavy atom. The molecule has 0 radical (unpaired) electrons. The lowest BCUT2D eigenvalue weighted by molar-refractivity contribution is -0.140. The number of aromatic hydroxyl groups is 1. The number of aliphatic hydroxyl groups excluding tert-OH is 1. The molecule has 3 N–H and O–H groups in total. The van der Waals surface area contributed by atoms with Gasteiger partial charge in [0, 0.05) is 10.3 Å². The van der Waals surface area contributed by atoms with E-state index in [0.717, 1.165) is 15.8 Å². The fourth-order valence-corrected chi connectivity index (χ4v) is 6.82. The second kappa shape index (κ2) is 8.60. The molecule has 2 aromatic carbocycles. The number of amides is 2. The van der Waals surface area contributed by atoms with Gasteiger partial charge in [0.2, 0.25) is 11.8 Å². The number of carbonyl (C=O) groups excluding carboxylic acids is 2. The van der Waals surface area contributed by atoms with Gasteiger partial charge < -0.3 is 19.9 Å². The van der Waals surface area contributed by atoms with Crippen LogP contribution < -0.4 is 0 Å². The molecule has 178 valence electrons. The minimum atomic E-state index is -1.29. The Morgan fingerprint density at radius 1 is 1.03 bits per heavy atom. The number of carbonyl (C=O) groups is 2. The van der Waals surface area contributed by atoms with Crippen molar-refractivity contribution in [2.45, 2.75) is 25.5 Å². The quantitative estimate of drug-likeness (QED) is 0.384. The maximum Gasteiger partial charge on any atom is 0.487 e. The van der Waals surface area contributed by atoms with Crippen molar-refractivity contribution >= 4 is 41.0 Å². The van der Waals surface area contributed by atoms with Crippen LogP contribution in [0.2, 0.25) is 0 Å². The van der Waals surface area contributed by atoms with E-state index in [9.17, 15) is 24.8 Å². The molecule has 35 heavy (non-hydrogen) atoms. The van der Waals surface area contributed by atoms with Gasteiger partial charge in [-0.25, -0.2) is 0 Å². The number of thiophene rings is 1. The number of hydrogen-bond acceptors (Lipinski definition) is 7. The molecule has 6 rings (SSSR count). The predicted octanol–water partition coefficient (Wildman–Crippen LogP) is 3.20. The van der Waals surface area contributed by atoms with Crippen molar-refractivity contribution in [3.8, 4) is 5.75 Å². The van der Waals surface area contributed by atoms with E-state index in [-0.39, 0.29) is 37.1 Å². The third-order valence-electron chi connectivity index (χ3n) is 7.67. The van der Waals surface area contributed by atoms with Crippen molar-refractivity contribution in [2.75, 3.05) is 6.61 Å². The van der Waals surface area contributed by atoms with Gasteiger partial charge >= 0.3 is 7.12 Å². The van der Waals surface area contributed by atoms with Crippen LogP contribution in [0.5, 0.6) is 5.75 Å². The van der Waals surface area contributed by atoms with Crippen molar-refractivity contribution in [1.82, 2.24) is 4.90 Å². The molecule has 2 fully saturated rings. The Labute approximate surface area is 206 Å². The summed E-state index contributed by atoms with van der Waals surface area (Å²) in [7, 11) is -1.29. The highest BCUT2D eigenvalue weighted by Gasteiger charge is 2.57. The monoisotopic (exact) mass is 489 g/mol. The van der Waals surface area contributed by atoms with Gasteiger partial charge in [-0.2, -0.15) is 0 Å². The van der Waals surface area contributed by atoms with Crippen LogP contribution in [0.15, 0.2) is 65.0 Å². The van der Waals surface area contributed by atoms with E-state index in [1.54, 1.807) is 12.1 Å². The number of rotatable bonds is 4. The molecule has 3 aliphatic rings. The number of aliphatic hydroxyl groups is 1. The molecule has 9 heteroatoms. The van der Waals surface area contributed by atoms with Gasteiger partial charge in [-0.05, 0) is 58.3 Å². The Balaban J connectivity index is 1.39. The van der Waals surface area contributed by atoms with Crippen molar-refractivity contribution in [3.05, 3.63) is 75.4 Å². The zero-order chi connectivity index (χ0) is 24.3. The zero-order valence-corrected chi connectivity index (χ0v) is 19.6. The molecule has 0 saturated carbocycles. The highest BCUT2D eigenvalue weighted by Crippen LogP contribution is 2.52. The second-order valence-corrected chi connectivity index (χ2v) is 10.5. The first-order valence-electron chi connectivity index (χ1n) is 11.7. The Hall–Kier alpha value is -2.98. The van der Waals surface area contributed by atoms with E-state index in [0.29, 0.717) is 22.9 Å². The topological polar surface area (TPSA) is 107 Å². The molecule has 2 saturated heterocycles. The number of likely N-dealkylation sites (tertiary alicyclic amines) is 1. The zero-order valence-electron chi connectivity index (χ0n) is 18.8. The number of imide groups is 1. The Morgan fingerprint density at radius 3 is 2.57 bits per heavy atom. The second-order valence-electron chi connectivity index (χ2n) is 9.43. The summed E-state index contributed by atoms with van der Waals surface area (Å²) >= 11 is 1.50. The third-order valence-corrected chi connectivity index (χ3v) is 8.53. The fourth-order valence-electron chi connectivity index (χ4n) is 6.12. The summed E-state index contributed by atoms with van der Waals surface area (Å²) in [6, 6.07) is 14.6. The SMILES string of the molecule is O=C1[C@H]2[C@H](CC(CO)=C3B(O)O[C@H](c4ccc(O)c5ccccc45)C[C@H]32)C(=O)N1Cc1cccs1. The van der Waals surface area contributed by atoms with Gasteiger partial charge in [-0.3, -0.25) is 14.5 Å². The van der Waals surface area contributed by atoms with Gasteiger partial charge in [-0.15, -0.1) is 11.3 Å². The number of phenolic OH excluding ortho intramolecular Hbond substituents is 1. The minimum Gasteiger partial charge on any atom is -0.507 e. The summed E-state index contributed by atoms with van der Waals surface area (Å²) in [6.45, 7) is -0.0569. The maximum atomic E-state index is 13.6. The summed E-state index contributed by atoms with van der Waals surface area (Å²) in [6.07, 6.45) is 0.0841. The number of nitrogens with zero attached hydrogens (tertiary/aromatic N) is 1. The van der Waals surface area contributed by atoms with Crippen molar-refractivity contribution < 1.29 is 29.5 Å². The maximum absolute atomic E-state index is 13.6. The molecule has 0 spiro atoms. The third kappa shape index (κ3) is 3.53. The lowest BCUT2D eigenvalue weighted by atomic mass is 9.55. The highest BCUT2D eigenvalue weighted by molar-refractivity contribution is 7.09. The Bertz CT molecular complexity index is 1360. The van der Waals surface area contributed by atoms with Crippen LogP contribution in [0.4, 0.5) is 0 Å². The van der Waals surface area contributed by atoms with Crippen molar-refractivity contribution in [1.29, 1.82) is 0 Å². The van der Waals surface area contributed by atoms with Gasteiger partial charge in [0.1, 0.15) is 5.75 Å². The molecule has 3 heterocycles. The first kappa shape index (κ1) is 22.5.